The van der Waals surface area contributed by atoms with E-state index in [2.05, 4.69) is 15.9 Å². The smallest absolute Gasteiger partial charge is 0.249 e. The zero-order chi connectivity index (χ0) is 15.0. The lowest BCUT2D eigenvalue weighted by Gasteiger charge is -2.34. The summed E-state index contributed by atoms with van der Waals surface area (Å²) < 4.78 is 13.7. The van der Waals surface area contributed by atoms with Crippen molar-refractivity contribution in [1.82, 2.24) is 4.90 Å². The summed E-state index contributed by atoms with van der Waals surface area (Å²) in [6.45, 7) is 1.01. The normalized spacial score (nSPS) is 23.0. The number of rotatable bonds is 1. The molecule has 3 rings (SSSR count). The first-order valence-corrected chi connectivity index (χ1v) is 7.93. The fourth-order valence-electron chi connectivity index (χ4n) is 3.04. The van der Waals surface area contributed by atoms with Crippen LogP contribution in [0.1, 0.15) is 25.7 Å². The summed E-state index contributed by atoms with van der Waals surface area (Å²) in [6.07, 6.45) is 2.94. The maximum absolute atomic E-state index is 13.4. The van der Waals surface area contributed by atoms with Gasteiger partial charge in [-0.3, -0.25) is 9.59 Å². The molecular formula is C15H16BrFN2O2. The SMILES string of the molecule is O=C1C2CCCCN2C(=O)CCN1c1ccc(F)c(Br)c1. The minimum atomic E-state index is -0.364. The van der Waals surface area contributed by atoms with Gasteiger partial charge in [-0.05, 0) is 53.4 Å². The highest BCUT2D eigenvalue weighted by molar-refractivity contribution is 9.10. The summed E-state index contributed by atoms with van der Waals surface area (Å²) in [6, 6.07) is 4.15. The van der Waals surface area contributed by atoms with Crippen molar-refractivity contribution in [1.29, 1.82) is 0 Å². The second-order valence-electron chi connectivity index (χ2n) is 5.44. The highest BCUT2D eigenvalue weighted by Gasteiger charge is 2.38. The molecule has 0 N–H and O–H groups in total. The lowest BCUT2D eigenvalue weighted by atomic mass is 10.0. The van der Waals surface area contributed by atoms with E-state index in [1.807, 2.05) is 0 Å². The van der Waals surface area contributed by atoms with Gasteiger partial charge in [0.2, 0.25) is 11.8 Å². The predicted molar refractivity (Wildman–Crippen MR) is 80.4 cm³/mol. The fourth-order valence-corrected chi connectivity index (χ4v) is 3.40. The van der Waals surface area contributed by atoms with E-state index in [9.17, 15) is 14.0 Å². The molecule has 21 heavy (non-hydrogen) atoms. The third-order valence-electron chi connectivity index (χ3n) is 4.14. The first kappa shape index (κ1) is 14.5. The monoisotopic (exact) mass is 354 g/mol. The fraction of sp³-hybridized carbons (Fsp3) is 0.467. The van der Waals surface area contributed by atoms with Gasteiger partial charge in [-0.15, -0.1) is 0 Å². The number of amides is 2. The lowest BCUT2D eigenvalue weighted by molar-refractivity contribution is -0.138. The van der Waals surface area contributed by atoms with Gasteiger partial charge in [-0.2, -0.15) is 0 Å². The maximum atomic E-state index is 13.4. The average Bonchev–Trinajstić information content (AvgIpc) is 2.61. The van der Waals surface area contributed by atoms with Gasteiger partial charge >= 0.3 is 0 Å². The third kappa shape index (κ3) is 2.69. The summed E-state index contributed by atoms with van der Waals surface area (Å²) in [7, 11) is 0. The van der Waals surface area contributed by atoms with Crippen LogP contribution in [0.15, 0.2) is 22.7 Å². The van der Waals surface area contributed by atoms with E-state index in [0.717, 1.165) is 12.8 Å². The molecule has 4 nitrogen and oxygen atoms in total. The first-order valence-electron chi connectivity index (χ1n) is 7.14. The van der Waals surface area contributed by atoms with E-state index >= 15 is 0 Å². The van der Waals surface area contributed by atoms with Crippen LogP contribution in [0, 0.1) is 5.82 Å². The van der Waals surface area contributed by atoms with Gasteiger partial charge in [0.15, 0.2) is 0 Å². The molecule has 0 bridgehead atoms. The molecule has 1 unspecified atom stereocenters. The van der Waals surface area contributed by atoms with Crippen LogP contribution in [0.3, 0.4) is 0 Å². The molecule has 0 saturated carbocycles. The van der Waals surface area contributed by atoms with Gasteiger partial charge in [-0.1, -0.05) is 0 Å². The predicted octanol–water partition coefficient (Wildman–Crippen LogP) is 2.71. The van der Waals surface area contributed by atoms with Crippen molar-refractivity contribution in [2.24, 2.45) is 0 Å². The molecule has 0 aliphatic carbocycles. The Morgan fingerprint density at radius 1 is 1.19 bits per heavy atom. The number of carbonyl (C=O) groups excluding carboxylic acids is 2. The minimum absolute atomic E-state index is 0.0386. The van der Waals surface area contributed by atoms with Crippen LogP contribution >= 0.6 is 15.9 Å². The largest absolute Gasteiger partial charge is 0.331 e. The number of benzene rings is 1. The molecule has 1 atom stereocenters. The molecule has 2 aliphatic rings. The molecule has 6 heteroatoms. The number of halogens is 2. The Labute approximate surface area is 131 Å². The number of piperidine rings is 1. The van der Waals surface area contributed by atoms with E-state index in [1.165, 1.54) is 6.07 Å². The number of nitrogens with zero attached hydrogens (tertiary/aromatic N) is 2. The van der Waals surface area contributed by atoms with Crippen molar-refractivity contribution in [3.63, 3.8) is 0 Å². The Morgan fingerprint density at radius 3 is 2.76 bits per heavy atom. The summed E-state index contributed by atoms with van der Waals surface area (Å²) in [5.74, 6) is -0.382. The quantitative estimate of drug-likeness (QED) is 0.777. The van der Waals surface area contributed by atoms with Gasteiger partial charge in [0.25, 0.3) is 0 Å². The van der Waals surface area contributed by atoms with Crippen LogP contribution in [-0.2, 0) is 9.59 Å². The highest BCUT2D eigenvalue weighted by Crippen LogP contribution is 2.28. The van der Waals surface area contributed by atoms with E-state index in [4.69, 9.17) is 0 Å². The van der Waals surface area contributed by atoms with Crippen LogP contribution < -0.4 is 4.90 Å². The molecule has 2 amide bonds. The van der Waals surface area contributed by atoms with Gasteiger partial charge in [-0.25, -0.2) is 4.39 Å². The van der Waals surface area contributed by atoms with Gasteiger partial charge < -0.3 is 9.80 Å². The first-order chi connectivity index (χ1) is 10.1. The number of anilines is 1. The van der Waals surface area contributed by atoms with Crippen molar-refractivity contribution in [3.05, 3.63) is 28.5 Å². The lowest BCUT2D eigenvalue weighted by Crippen LogP contribution is -2.49. The summed E-state index contributed by atoms with van der Waals surface area (Å²) in [5, 5.41) is 0. The molecule has 2 aliphatic heterocycles. The third-order valence-corrected chi connectivity index (χ3v) is 4.75. The maximum Gasteiger partial charge on any atom is 0.249 e. The van der Waals surface area contributed by atoms with Crippen LogP contribution in [-0.4, -0.2) is 35.8 Å². The van der Waals surface area contributed by atoms with Crippen LogP contribution in [0.2, 0.25) is 0 Å². The summed E-state index contributed by atoms with van der Waals surface area (Å²) in [4.78, 5) is 28.2. The Kier molecular flexibility index (Phi) is 3.97. The van der Waals surface area contributed by atoms with Crippen LogP contribution in [0.5, 0.6) is 0 Å². The molecule has 0 aromatic heterocycles. The van der Waals surface area contributed by atoms with Gasteiger partial charge in [0, 0.05) is 25.2 Å². The highest BCUT2D eigenvalue weighted by atomic mass is 79.9. The van der Waals surface area contributed by atoms with E-state index in [1.54, 1.807) is 21.9 Å². The molecule has 2 saturated heterocycles. The Bertz CT molecular complexity index is 593. The average molecular weight is 355 g/mol. The van der Waals surface area contributed by atoms with Gasteiger partial charge in [0.1, 0.15) is 11.9 Å². The molecule has 112 valence electrons. The topological polar surface area (TPSA) is 40.6 Å². The van der Waals surface area contributed by atoms with Crippen molar-refractivity contribution in [2.45, 2.75) is 31.7 Å². The Balaban J connectivity index is 1.93. The zero-order valence-electron chi connectivity index (χ0n) is 11.5. The van der Waals surface area contributed by atoms with Gasteiger partial charge in [0.05, 0.1) is 4.47 Å². The molecular weight excluding hydrogens is 339 g/mol. The van der Waals surface area contributed by atoms with E-state index < -0.39 is 0 Å². The number of hydrogen-bond acceptors (Lipinski definition) is 2. The second kappa shape index (κ2) is 5.75. The second-order valence-corrected chi connectivity index (χ2v) is 6.29. The molecule has 2 heterocycles. The molecule has 1 aromatic carbocycles. The van der Waals surface area contributed by atoms with Crippen molar-refractivity contribution < 1.29 is 14.0 Å². The number of hydrogen-bond donors (Lipinski definition) is 0. The zero-order valence-corrected chi connectivity index (χ0v) is 13.1. The van der Waals surface area contributed by atoms with Crippen molar-refractivity contribution >= 4 is 33.4 Å². The van der Waals surface area contributed by atoms with E-state index in [-0.39, 0.29) is 23.7 Å². The van der Waals surface area contributed by atoms with Crippen molar-refractivity contribution in [2.75, 3.05) is 18.0 Å². The minimum Gasteiger partial charge on any atom is -0.331 e. The molecule has 0 radical (unpaired) electrons. The van der Waals surface area contributed by atoms with Crippen LogP contribution in [0.4, 0.5) is 10.1 Å². The summed E-state index contributed by atoms with van der Waals surface area (Å²) >= 11 is 3.14. The standard InChI is InChI=1S/C15H16BrFN2O2/c16-11-9-10(4-5-12(11)17)18-8-6-14(20)19-7-2-1-3-13(19)15(18)21/h4-5,9,13H,1-3,6-8H2. The number of carbonyl (C=O) groups is 2. The Hall–Kier alpha value is -1.43. The van der Waals surface area contributed by atoms with Crippen molar-refractivity contribution in [3.8, 4) is 0 Å². The van der Waals surface area contributed by atoms with E-state index in [0.29, 0.717) is 36.1 Å². The Morgan fingerprint density at radius 2 is 2.00 bits per heavy atom. The molecule has 1 aromatic rings. The number of fused-ring (bicyclic) bond motifs is 1. The molecule has 0 spiro atoms. The van der Waals surface area contributed by atoms with Crippen LogP contribution in [0.25, 0.3) is 0 Å². The molecule has 2 fully saturated rings. The summed E-state index contributed by atoms with van der Waals surface area (Å²) in [5.41, 5.74) is 0.633.